The van der Waals surface area contributed by atoms with Gasteiger partial charge in [0.05, 0.1) is 6.42 Å². The highest BCUT2D eigenvalue weighted by molar-refractivity contribution is 5.96. The van der Waals surface area contributed by atoms with E-state index in [1.54, 1.807) is 11.4 Å². The molecule has 0 saturated carbocycles. The van der Waals surface area contributed by atoms with E-state index in [2.05, 4.69) is 20.4 Å². The van der Waals surface area contributed by atoms with Crippen molar-refractivity contribution in [1.82, 2.24) is 19.6 Å². The Balaban J connectivity index is 1.63. The molecule has 10 heteroatoms. The Labute approximate surface area is 166 Å². The molecule has 0 radical (unpaired) electrons. The molecular weight excluding hydrogens is 376 g/mol. The van der Waals surface area contributed by atoms with Crippen molar-refractivity contribution in [1.29, 1.82) is 0 Å². The van der Waals surface area contributed by atoms with Gasteiger partial charge < -0.3 is 15.8 Å². The summed E-state index contributed by atoms with van der Waals surface area (Å²) in [5, 5.41) is 6.70. The predicted octanol–water partition coefficient (Wildman–Crippen LogP) is 0.953. The largest absolute Gasteiger partial charge is 0.452 e. The number of aromatic nitrogens is 4. The third-order valence-electron chi connectivity index (χ3n) is 4.42. The Morgan fingerprint density at radius 1 is 1.21 bits per heavy atom. The van der Waals surface area contributed by atoms with Crippen molar-refractivity contribution in [2.45, 2.75) is 33.3 Å². The van der Waals surface area contributed by atoms with Crippen molar-refractivity contribution in [2.75, 3.05) is 5.32 Å². The zero-order valence-corrected chi connectivity index (χ0v) is 16.2. The van der Waals surface area contributed by atoms with Crippen LogP contribution in [0.2, 0.25) is 0 Å². The quantitative estimate of drug-likeness (QED) is 0.591. The number of carbonyl (C=O) groups is 3. The number of fused-ring (bicyclic) bond motifs is 1. The van der Waals surface area contributed by atoms with Crippen LogP contribution < -0.4 is 11.1 Å². The van der Waals surface area contributed by atoms with Crippen LogP contribution >= 0.6 is 0 Å². The molecule has 0 aliphatic carbocycles. The highest BCUT2D eigenvalue weighted by atomic mass is 16.5. The Morgan fingerprint density at radius 3 is 2.55 bits per heavy atom. The number of rotatable bonds is 6. The summed E-state index contributed by atoms with van der Waals surface area (Å²) in [5.74, 6) is -1.17. The first-order valence-electron chi connectivity index (χ1n) is 8.82. The number of nitrogens with two attached hydrogens (primary N) is 1. The molecule has 3 aromatic rings. The normalized spacial score (nSPS) is 11.8. The van der Waals surface area contributed by atoms with Gasteiger partial charge >= 0.3 is 5.97 Å². The fourth-order valence-electron chi connectivity index (χ4n) is 2.81. The number of aryl methyl sites for hydroxylation is 2. The van der Waals surface area contributed by atoms with Gasteiger partial charge in [-0.15, -0.1) is 0 Å². The summed E-state index contributed by atoms with van der Waals surface area (Å²) in [6.45, 7) is 5.06. The standard InChI is InChI=1S/C19H20N6O4/c1-10-15(11(2)25-19(23-10)21-9-22-25)8-16(26)29-12(3)18(28)24-14-6-4-13(5-7-14)17(20)27/h4-7,9,12H,8H2,1-3H3,(H2,20,27)(H,24,28)/t12-/m1/s1. The lowest BCUT2D eigenvalue weighted by molar-refractivity contribution is -0.152. The van der Waals surface area contributed by atoms with Crippen LogP contribution in [-0.2, 0) is 20.7 Å². The van der Waals surface area contributed by atoms with Gasteiger partial charge in [-0.3, -0.25) is 14.4 Å². The molecule has 0 bridgehead atoms. The Hall–Kier alpha value is -3.82. The van der Waals surface area contributed by atoms with Gasteiger partial charge in [-0.2, -0.15) is 10.1 Å². The Bertz CT molecular complexity index is 1090. The smallest absolute Gasteiger partial charge is 0.311 e. The maximum atomic E-state index is 12.4. The minimum Gasteiger partial charge on any atom is -0.452 e. The van der Waals surface area contributed by atoms with Gasteiger partial charge in [-0.05, 0) is 45.0 Å². The second-order valence-electron chi connectivity index (χ2n) is 6.47. The van der Waals surface area contributed by atoms with Crippen LogP contribution in [0.4, 0.5) is 5.69 Å². The lowest BCUT2D eigenvalue weighted by atomic mass is 10.1. The molecule has 1 atom stereocenters. The van der Waals surface area contributed by atoms with E-state index in [1.165, 1.54) is 37.5 Å². The summed E-state index contributed by atoms with van der Waals surface area (Å²) in [6.07, 6.45) is 0.326. The number of benzene rings is 1. The third-order valence-corrected chi connectivity index (χ3v) is 4.42. The van der Waals surface area contributed by atoms with Crippen LogP contribution in [0.3, 0.4) is 0 Å². The van der Waals surface area contributed by atoms with E-state index >= 15 is 0 Å². The van der Waals surface area contributed by atoms with Gasteiger partial charge in [0.1, 0.15) is 6.33 Å². The SMILES string of the molecule is Cc1nc2ncnn2c(C)c1CC(=O)O[C@H](C)C(=O)Nc1ccc(C(N)=O)cc1. The summed E-state index contributed by atoms with van der Waals surface area (Å²) in [7, 11) is 0. The first kappa shape index (κ1) is 19.9. The van der Waals surface area contributed by atoms with Gasteiger partial charge in [-0.25, -0.2) is 9.50 Å². The third kappa shape index (κ3) is 4.37. The number of nitrogens with zero attached hydrogens (tertiary/aromatic N) is 4. The second kappa shape index (κ2) is 8.05. The lowest BCUT2D eigenvalue weighted by Gasteiger charge is -2.15. The van der Waals surface area contributed by atoms with E-state index in [-0.39, 0.29) is 6.42 Å². The number of primary amides is 1. The van der Waals surface area contributed by atoms with Crippen LogP contribution in [0.1, 0.15) is 34.2 Å². The highest BCUT2D eigenvalue weighted by Crippen LogP contribution is 2.15. The molecule has 0 unspecified atom stereocenters. The van der Waals surface area contributed by atoms with Crippen molar-refractivity contribution >= 4 is 29.2 Å². The van der Waals surface area contributed by atoms with Crippen molar-refractivity contribution in [2.24, 2.45) is 5.73 Å². The number of nitrogens with one attached hydrogen (secondary N) is 1. The van der Waals surface area contributed by atoms with Gasteiger partial charge in [0.25, 0.3) is 11.7 Å². The number of hydrogen-bond acceptors (Lipinski definition) is 7. The average Bonchev–Trinajstić information content (AvgIpc) is 3.14. The molecule has 3 N–H and O–H groups in total. The number of esters is 1. The Kier molecular flexibility index (Phi) is 5.53. The zero-order chi connectivity index (χ0) is 21.1. The molecule has 2 amide bonds. The van der Waals surface area contributed by atoms with Crippen molar-refractivity contribution in [3.8, 4) is 0 Å². The fraction of sp³-hybridized carbons (Fsp3) is 0.263. The summed E-state index contributed by atoms with van der Waals surface area (Å²) < 4.78 is 6.80. The lowest BCUT2D eigenvalue weighted by Crippen LogP contribution is -2.30. The van der Waals surface area contributed by atoms with Crippen molar-refractivity contribution in [3.05, 3.63) is 53.1 Å². The van der Waals surface area contributed by atoms with Gasteiger partial charge in [-0.1, -0.05) is 0 Å². The van der Waals surface area contributed by atoms with Crippen LogP contribution in [0.25, 0.3) is 5.78 Å². The van der Waals surface area contributed by atoms with Crippen LogP contribution in [0.5, 0.6) is 0 Å². The first-order valence-corrected chi connectivity index (χ1v) is 8.82. The van der Waals surface area contributed by atoms with E-state index in [1.807, 2.05) is 6.92 Å². The highest BCUT2D eigenvalue weighted by Gasteiger charge is 2.21. The molecule has 29 heavy (non-hydrogen) atoms. The number of anilines is 1. The maximum absolute atomic E-state index is 12.4. The fourth-order valence-corrected chi connectivity index (χ4v) is 2.81. The molecule has 150 valence electrons. The van der Waals surface area contributed by atoms with Crippen LogP contribution in [0.15, 0.2) is 30.6 Å². The molecule has 3 rings (SSSR count). The van der Waals surface area contributed by atoms with E-state index in [9.17, 15) is 14.4 Å². The number of amides is 2. The van der Waals surface area contributed by atoms with E-state index in [0.717, 1.165) is 5.69 Å². The molecule has 0 aliphatic heterocycles. The predicted molar refractivity (Wildman–Crippen MR) is 103 cm³/mol. The van der Waals surface area contributed by atoms with Gasteiger partial charge in [0.15, 0.2) is 6.10 Å². The van der Waals surface area contributed by atoms with E-state index < -0.39 is 23.9 Å². The molecule has 10 nitrogen and oxygen atoms in total. The summed E-state index contributed by atoms with van der Waals surface area (Å²) in [6, 6.07) is 6.07. The number of carbonyl (C=O) groups excluding carboxylic acids is 3. The second-order valence-corrected chi connectivity index (χ2v) is 6.47. The van der Waals surface area contributed by atoms with Crippen LogP contribution in [-0.4, -0.2) is 43.5 Å². The van der Waals surface area contributed by atoms with Gasteiger partial charge in [0, 0.05) is 28.2 Å². The van der Waals surface area contributed by atoms with Crippen LogP contribution in [0, 0.1) is 13.8 Å². The topological polar surface area (TPSA) is 142 Å². The molecule has 2 heterocycles. The molecule has 0 fully saturated rings. The first-order chi connectivity index (χ1) is 13.8. The van der Waals surface area contributed by atoms with E-state index in [4.69, 9.17) is 10.5 Å². The molecular formula is C19H20N6O4. The minimum absolute atomic E-state index is 0.0502. The van der Waals surface area contributed by atoms with Crippen molar-refractivity contribution < 1.29 is 19.1 Å². The summed E-state index contributed by atoms with van der Waals surface area (Å²) >= 11 is 0. The van der Waals surface area contributed by atoms with E-state index in [0.29, 0.717) is 28.3 Å². The Morgan fingerprint density at radius 2 is 1.90 bits per heavy atom. The maximum Gasteiger partial charge on any atom is 0.311 e. The summed E-state index contributed by atoms with van der Waals surface area (Å²) in [5.41, 5.74) is 8.00. The molecule has 0 aliphatic rings. The zero-order valence-electron chi connectivity index (χ0n) is 16.2. The molecule has 0 saturated heterocycles. The molecule has 2 aromatic heterocycles. The number of hydrogen-bond donors (Lipinski definition) is 2. The average molecular weight is 396 g/mol. The molecule has 0 spiro atoms. The molecule has 1 aromatic carbocycles. The summed E-state index contributed by atoms with van der Waals surface area (Å²) in [4.78, 5) is 44.1. The van der Waals surface area contributed by atoms with Crippen molar-refractivity contribution in [3.63, 3.8) is 0 Å². The van der Waals surface area contributed by atoms with Gasteiger partial charge in [0.2, 0.25) is 5.91 Å². The minimum atomic E-state index is -1.01. The monoisotopic (exact) mass is 396 g/mol. The number of ether oxygens (including phenoxy) is 1.